The van der Waals surface area contributed by atoms with Crippen molar-refractivity contribution in [2.24, 2.45) is 5.92 Å². The summed E-state index contributed by atoms with van der Waals surface area (Å²) >= 11 is 0. The van der Waals surface area contributed by atoms with Gasteiger partial charge in [-0.15, -0.1) is 0 Å². The number of carbonyl (C=O) groups excluding carboxylic acids is 1. The molecule has 1 aromatic carbocycles. The number of amides is 1. The van der Waals surface area contributed by atoms with E-state index in [0.717, 1.165) is 23.8 Å². The third-order valence-electron chi connectivity index (χ3n) is 4.62. The number of hydrogen-bond acceptors (Lipinski definition) is 2. The van der Waals surface area contributed by atoms with Crippen molar-refractivity contribution in [2.75, 3.05) is 11.4 Å². The Hall–Kier alpha value is -1.51. The van der Waals surface area contributed by atoms with Crippen molar-refractivity contribution < 1.29 is 9.53 Å². The Labute approximate surface area is 127 Å². The first-order valence-electron chi connectivity index (χ1n) is 8.14. The number of nitrogens with zero attached hydrogens (tertiary/aromatic N) is 1. The van der Waals surface area contributed by atoms with Crippen LogP contribution in [-0.4, -0.2) is 18.1 Å². The van der Waals surface area contributed by atoms with Crippen LogP contribution >= 0.6 is 0 Å². The number of hydrogen-bond donors (Lipinski definition) is 0. The Bertz CT molecular complexity index is 518. The van der Waals surface area contributed by atoms with E-state index in [1.165, 1.54) is 25.7 Å². The second-order valence-corrected chi connectivity index (χ2v) is 7.00. The number of para-hydroxylation sites is 2. The Morgan fingerprint density at radius 2 is 2.00 bits per heavy atom. The van der Waals surface area contributed by atoms with E-state index >= 15 is 0 Å². The van der Waals surface area contributed by atoms with Crippen molar-refractivity contribution in [1.82, 2.24) is 0 Å². The van der Waals surface area contributed by atoms with Crippen LogP contribution in [0.4, 0.5) is 5.69 Å². The molecule has 2 aliphatic rings. The van der Waals surface area contributed by atoms with Crippen molar-refractivity contribution in [3.63, 3.8) is 0 Å². The zero-order chi connectivity index (χ0) is 14.9. The standard InChI is InChI=1S/C18H25NO2/c1-18(2)13-19(15-9-5-6-10-16(15)21-18)17(20)12-11-14-7-3-4-8-14/h5-6,9-10,14H,3-4,7-8,11-13H2,1-2H3. The zero-order valence-electron chi connectivity index (χ0n) is 13.1. The molecule has 3 nitrogen and oxygen atoms in total. The van der Waals surface area contributed by atoms with Gasteiger partial charge in [0.25, 0.3) is 0 Å². The fourth-order valence-corrected chi connectivity index (χ4v) is 3.55. The van der Waals surface area contributed by atoms with Crippen molar-refractivity contribution in [1.29, 1.82) is 0 Å². The molecular weight excluding hydrogens is 262 g/mol. The molecule has 0 radical (unpaired) electrons. The lowest BCUT2D eigenvalue weighted by molar-refractivity contribution is -0.119. The molecule has 0 unspecified atom stereocenters. The molecule has 0 atom stereocenters. The van der Waals surface area contributed by atoms with Crippen LogP contribution in [0, 0.1) is 5.92 Å². The molecule has 3 heteroatoms. The normalized spacial score (nSPS) is 21.0. The molecule has 1 amide bonds. The predicted octanol–water partition coefficient (Wildman–Crippen LogP) is 4.16. The Kier molecular flexibility index (Phi) is 3.92. The fraction of sp³-hybridized carbons (Fsp3) is 0.611. The van der Waals surface area contributed by atoms with Crippen LogP contribution in [0.3, 0.4) is 0 Å². The smallest absolute Gasteiger partial charge is 0.227 e. The largest absolute Gasteiger partial charge is 0.484 e. The van der Waals surface area contributed by atoms with E-state index in [2.05, 4.69) is 0 Å². The van der Waals surface area contributed by atoms with E-state index in [9.17, 15) is 4.79 Å². The van der Waals surface area contributed by atoms with Crippen LogP contribution in [0.25, 0.3) is 0 Å². The van der Waals surface area contributed by atoms with Crippen LogP contribution in [0.1, 0.15) is 52.4 Å². The zero-order valence-corrected chi connectivity index (χ0v) is 13.1. The van der Waals surface area contributed by atoms with Gasteiger partial charge in [-0.1, -0.05) is 37.8 Å². The lowest BCUT2D eigenvalue weighted by atomic mass is 10.00. The van der Waals surface area contributed by atoms with Crippen LogP contribution in [0.5, 0.6) is 5.75 Å². The molecule has 1 aliphatic carbocycles. The molecule has 0 aromatic heterocycles. The molecule has 114 valence electrons. The minimum absolute atomic E-state index is 0.241. The van der Waals surface area contributed by atoms with Gasteiger partial charge >= 0.3 is 0 Å². The highest BCUT2D eigenvalue weighted by molar-refractivity contribution is 5.95. The van der Waals surface area contributed by atoms with Crippen LogP contribution < -0.4 is 9.64 Å². The summed E-state index contributed by atoms with van der Waals surface area (Å²) in [5.74, 6) is 1.83. The van der Waals surface area contributed by atoms with Gasteiger partial charge in [0, 0.05) is 6.42 Å². The predicted molar refractivity (Wildman–Crippen MR) is 84.7 cm³/mol. The van der Waals surface area contributed by atoms with E-state index in [-0.39, 0.29) is 11.5 Å². The topological polar surface area (TPSA) is 29.5 Å². The van der Waals surface area contributed by atoms with E-state index in [1.54, 1.807) is 0 Å². The molecule has 0 spiro atoms. The maximum atomic E-state index is 12.7. The van der Waals surface area contributed by atoms with Crippen molar-refractivity contribution in [3.05, 3.63) is 24.3 Å². The average Bonchev–Trinajstić information content (AvgIpc) is 2.96. The summed E-state index contributed by atoms with van der Waals surface area (Å²) in [5, 5.41) is 0. The van der Waals surface area contributed by atoms with Gasteiger partial charge in [0.1, 0.15) is 11.4 Å². The summed E-state index contributed by atoms with van der Waals surface area (Å²) < 4.78 is 5.98. The number of rotatable bonds is 3. The Morgan fingerprint density at radius 3 is 2.76 bits per heavy atom. The molecule has 21 heavy (non-hydrogen) atoms. The number of benzene rings is 1. The van der Waals surface area contributed by atoms with Crippen molar-refractivity contribution in [3.8, 4) is 5.75 Å². The van der Waals surface area contributed by atoms with Gasteiger partial charge in [-0.25, -0.2) is 0 Å². The van der Waals surface area contributed by atoms with E-state index < -0.39 is 0 Å². The van der Waals surface area contributed by atoms with Gasteiger partial charge in [-0.05, 0) is 38.3 Å². The van der Waals surface area contributed by atoms with E-state index in [0.29, 0.717) is 13.0 Å². The van der Waals surface area contributed by atoms with Crippen LogP contribution in [0.15, 0.2) is 24.3 Å². The highest BCUT2D eigenvalue weighted by atomic mass is 16.5. The minimum atomic E-state index is -0.322. The molecule has 0 saturated heterocycles. The first kappa shape index (κ1) is 14.4. The summed E-state index contributed by atoms with van der Waals surface area (Å²) in [5.41, 5.74) is 0.602. The van der Waals surface area contributed by atoms with Crippen molar-refractivity contribution >= 4 is 11.6 Å². The number of anilines is 1. The van der Waals surface area contributed by atoms with Crippen molar-refractivity contribution in [2.45, 2.75) is 58.0 Å². The number of carbonyl (C=O) groups is 1. The molecule has 3 rings (SSSR count). The first-order valence-corrected chi connectivity index (χ1v) is 8.14. The summed E-state index contributed by atoms with van der Waals surface area (Å²) in [6, 6.07) is 7.87. The number of ether oxygens (including phenoxy) is 1. The molecule has 1 aromatic rings. The molecule has 1 heterocycles. The number of fused-ring (bicyclic) bond motifs is 1. The quantitative estimate of drug-likeness (QED) is 0.835. The Balaban J connectivity index is 1.72. The second kappa shape index (κ2) is 5.70. The summed E-state index contributed by atoms with van der Waals surface area (Å²) in [4.78, 5) is 14.6. The second-order valence-electron chi connectivity index (χ2n) is 7.00. The highest BCUT2D eigenvalue weighted by Crippen LogP contribution is 2.37. The molecule has 1 saturated carbocycles. The van der Waals surface area contributed by atoms with Gasteiger partial charge in [0.2, 0.25) is 5.91 Å². The fourth-order valence-electron chi connectivity index (χ4n) is 3.55. The maximum Gasteiger partial charge on any atom is 0.227 e. The van der Waals surface area contributed by atoms with Crippen LogP contribution in [-0.2, 0) is 4.79 Å². The van der Waals surface area contributed by atoms with Gasteiger partial charge < -0.3 is 9.64 Å². The molecular formula is C18H25NO2. The van der Waals surface area contributed by atoms with E-state index in [1.807, 2.05) is 43.0 Å². The van der Waals surface area contributed by atoms with Gasteiger partial charge in [0.05, 0.1) is 12.2 Å². The summed E-state index contributed by atoms with van der Waals surface area (Å²) in [7, 11) is 0. The lowest BCUT2D eigenvalue weighted by Gasteiger charge is -2.39. The average molecular weight is 287 g/mol. The van der Waals surface area contributed by atoms with E-state index in [4.69, 9.17) is 4.74 Å². The van der Waals surface area contributed by atoms with Gasteiger partial charge in [-0.3, -0.25) is 4.79 Å². The molecule has 0 N–H and O–H groups in total. The summed E-state index contributed by atoms with van der Waals surface area (Å²) in [6.07, 6.45) is 6.99. The SMILES string of the molecule is CC1(C)CN(C(=O)CCC2CCCC2)c2ccccc2O1. The van der Waals surface area contributed by atoms with Gasteiger partial charge in [0.15, 0.2) is 0 Å². The molecule has 0 bridgehead atoms. The first-order chi connectivity index (χ1) is 10.1. The lowest BCUT2D eigenvalue weighted by Crippen LogP contribution is -2.49. The maximum absolute atomic E-state index is 12.7. The third-order valence-corrected chi connectivity index (χ3v) is 4.62. The molecule has 1 fully saturated rings. The van der Waals surface area contributed by atoms with Gasteiger partial charge in [-0.2, -0.15) is 0 Å². The third kappa shape index (κ3) is 3.22. The minimum Gasteiger partial charge on any atom is -0.484 e. The van der Waals surface area contributed by atoms with Crippen LogP contribution in [0.2, 0.25) is 0 Å². The Morgan fingerprint density at radius 1 is 1.29 bits per heavy atom. The molecule has 1 aliphatic heterocycles. The summed E-state index contributed by atoms with van der Waals surface area (Å²) in [6.45, 7) is 4.72. The monoisotopic (exact) mass is 287 g/mol. The highest BCUT2D eigenvalue weighted by Gasteiger charge is 2.34.